The molecule has 1 aliphatic heterocycles. The predicted molar refractivity (Wildman–Crippen MR) is 109 cm³/mol. The maximum absolute atomic E-state index is 13.2. The van der Waals surface area contributed by atoms with E-state index >= 15 is 0 Å². The maximum Gasteiger partial charge on any atom is 0.340 e. The van der Waals surface area contributed by atoms with E-state index in [1.165, 1.54) is 7.11 Å². The molecule has 2 aromatic carbocycles. The second-order valence-corrected chi connectivity index (χ2v) is 6.52. The van der Waals surface area contributed by atoms with Gasteiger partial charge in [-0.1, -0.05) is 24.3 Å². The van der Waals surface area contributed by atoms with Crippen LogP contribution >= 0.6 is 0 Å². The van der Waals surface area contributed by atoms with E-state index < -0.39 is 5.97 Å². The molecule has 0 unspecified atom stereocenters. The third-order valence-electron chi connectivity index (χ3n) is 4.83. The number of carbonyl (C=O) groups is 2. The van der Waals surface area contributed by atoms with Crippen molar-refractivity contribution < 1.29 is 23.8 Å². The zero-order valence-electron chi connectivity index (χ0n) is 16.9. The van der Waals surface area contributed by atoms with Gasteiger partial charge in [-0.05, 0) is 48.4 Å². The van der Waals surface area contributed by atoms with Crippen molar-refractivity contribution in [2.45, 2.75) is 13.5 Å². The first kappa shape index (κ1) is 20.2. The molecule has 0 bridgehead atoms. The molecule has 1 heterocycles. The van der Waals surface area contributed by atoms with Crippen LogP contribution in [0.5, 0.6) is 11.5 Å². The van der Waals surface area contributed by atoms with Gasteiger partial charge in [-0.15, -0.1) is 0 Å². The quantitative estimate of drug-likeness (QED) is 0.554. The number of rotatable bonds is 6. The lowest BCUT2D eigenvalue weighted by Crippen LogP contribution is -2.24. The van der Waals surface area contributed by atoms with Crippen LogP contribution in [0.1, 0.15) is 18.1 Å². The molecule has 29 heavy (non-hydrogen) atoms. The fraction of sp³-hybridized carbons (Fsp3) is 0.217. The average Bonchev–Trinajstić information content (AvgIpc) is 2.98. The van der Waals surface area contributed by atoms with E-state index in [4.69, 9.17) is 14.2 Å². The fourth-order valence-corrected chi connectivity index (χ4v) is 3.20. The Balaban J connectivity index is 1.96. The van der Waals surface area contributed by atoms with Crippen molar-refractivity contribution in [3.63, 3.8) is 0 Å². The largest absolute Gasteiger partial charge is 0.497 e. The molecular formula is C23H23NO5. The highest BCUT2D eigenvalue weighted by Crippen LogP contribution is 2.33. The van der Waals surface area contributed by atoms with Crippen molar-refractivity contribution in [1.82, 2.24) is 4.90 Å². The van der Waals surface area contributed by atoms with E-state index in [0.717, 1.165) is 16.9 Å². The lowest BCUT2D eigenvalue weighted by Gasteiger charge is -2.18. The summed E-state index contributed by atoms with van der Waals surface area (Å²) in [5.74, 6) is 0.678. The van der Waals surface area contributed by atoms with Gasteiger partial charge in [0, 0.05) is 5.70 Å². The number of methoxy groups -OCH3 is 3. The van der Waals surface area contributed by atoms with Crippen LogP contribution in [0, 0.1) is 0 Å². The summed E-state index contributed by atoms with van der Waals surface area (Å²) < 4.78 is 15.3. The highest BCUT2D eigenvalue weighted by atomic mass is 16.5. The van der Waals surface area contributed by atoms with E-state index in [9.17, 15) is 9.59 Å². The minimum Gasteiger partial charge on any atom is -0.497 e. The highest BCUT2D eigenvalue weighted by molar-refractivity contribution is 6.16. The van der Waals surface area contributed by atoms with Gasteiger partial charge < -0.3 is 19.1 Å². The van der Waals surface area contributed by atoms with Crippen LogP contribution < -0.4 is 9.47 Å². The number of allylic oxidation sites excluding steroid dienone is 1. The normalized spacial score (nSPS) is 15.1. The van der Waals surface area contributed by atoms with Gasteiger partial charge in [0.15, 0.2) is 0 Å². The monoisotopic (exact) mass is 393 g/mol. The van der Waals surface area contributed by atoms with Gasteiger partial charge in [-0.25, -0.2) is 4.79 Å². The van der Waals surface area contributed by atoms with Crippen LogP contribution in [-0.4, -0.2) is 38.1 Å². The Morgan fingerprint density at radius 2 is 1.48 bits per heavy atom. The molecule has 0 saturated heterocycles. The minimum atomic E-state index is -0.534. The second kappa shape index (κ2) is 8.65. The number of carbonyl (C=O) groups excluding carboxylic acids is 2. The SMILES string of the molecule is COC(=O)C1=C(C)N(Cc2ccc(OC)cc2)C(=O)/C1=C\c1ccc(OC)cc1. The summed E-state index contributed by atoms with van der Waals surface area (Å²) >= 11 is 0. The van der Waals surface area contributed by atoms with Crippen LogP contribution in [0.4, 0.5) is 0 Å². The van der Waals surface area contributed by atoms with Gasteiger partial charge in [-0.2, -0.15) is 0 Å². The number of ether oxygens (including phenoxy) is 3. The molecule has 2 aromatic rings. The molecule has 6 nitrogen and oxygen atoms in total. The summed E-state index contributed by atoms with van der Waals surface area (Å²) in [4.78, 5) is 27.2. The molecule has 0 radical (unpaired) electrons. The Bertz CT molecular complexity index is 971. The van der Waals surface area contributed by atoms with E-state index in [2.05, 4.69) is 0 Å². The van der Waals surface area contributed by atoms with Crippen molar-refractivity contribution >= 4 is 18.0 Å². The first-order valence-corrected chi connectivity index (χ1v) is 9.08. The minimum absolute atomic E-state index is 0.241. The zero-order chi connectivity index (χ0) is 21.0. The maximum atomic E-state index is 13.2. The fourth-order valence-electron chi connectivity index (χ4n) is 3.20. The number of esters is 1. The van der Waals surface area contributed by atoms with Crippen LogP contribution in [0.25, 0.3) is 6.08 Å². The van der Waals surface area contributed by atoms with Crippen molar-refractivity contribution in [3.05, 3.63) is 76.5 Å². The Hall–Kier alpha value is -3.54. The number of benzene rings is 2. The smallest absolute Gasteiger partial charge is 0.340 e. The summed E-state index contributed by atoms with van der Waals surface area (Å²) in [6.45, 7) is 2.09. The average molecular weight is 393 g/mol. The van der Waals surface area contributed by atoms with Gasteiger partial charge in [0.2, 0.25) is 0 Å². The number of hydrogen-bond donors (Lipinski definition) is 0. The molecule has 0 fully saturated rings. The number of hydrogen-bond acceptors (Lipinski definition) is 5. The zero-order valence-corrected chi connectivity index (χ0v) is 16.9. The van der Waals surface area contributed by atoms with Gasteiger partial charge in [0.25, 0.3) is 5.91 Å². The van der Waals surface area contributed by atoms with Crippen LogP contribution in [0.15, 0.2) is 65.4 Å². The molecule has 0 N–H and O–H groups in total. The highest BCUT2D eigenvalue weighted by Gasteiger charge is 2.36. The van der Waals surface area contributed by atoms with Crippen molar-refractivity contribution in [2.24, 2.45) is 0 Å². The van der Waals surface area contributed by atoms with Crippen molar-refractivity contribution in [3.8, 4) is 11.5 Å². The Labute approximate surface area is 170 Å². The number of nitrogens with zero attached hydrogens (tertiary/aromatic N) is 1. The van der Waals surface area contributed by atoms with Gasteiger partial charge in [0.05, 0.1) is 39.0 Å². The third-order valence-corrected chi connectivity index (χ3v) is 4.83. The van der Waals surface area contributed by atoms with Crippen molar-refractivity contribution in [1.29, 1.82) is 0 Å². The summed E-state index contributed by atoms with van der Waals surface area (Å²) in [6, 6.07) is 14.7. The van der Waals surface area contributed by atoms with E-state index in [-0.39, 0.29) is 11.5 Å². The summed E-state index contributed by atoms with van der Waals surface area (Å²) in [5.41, 5.74) is 2.87. The third kappa shape index (κ3) is 4.16. The summed E-state index contributed by atoms with van der Waals surface area (Å²) in [5, 5.41) is 0. The first-order chi connectivity index (χ1) is 14.0. The molecule has 150 valence electrons. The Kier molecular flexibility index (Phi) is 6.02. The summed E-state index contributed by atoms with van der Waals surface area (Å²) in [6.07, 6.45) is 1.70. The second-order valence-electron chi connectivity index (χ2n) is 6.52. The topological polar surface area (TPSA) is 65.1 Å². The van der Waals surface area contributed by atoms with Gasteiger partial charge in [-0.3, -0.25) is 4.79 Å². The molecule has 0 aromatic heterocycles. The molecule has 0 aliphatic carbocycles. The lowest BCUT2D eigenvalue weighted by atomic mass is 10.0. The van der Waals surface area contributed by atoms with Crippen molar-refractivity contribution in [2.75, 3.05) is 21.3 Å². The standard InChI is InChI=1S/C23H23NO5/c1-15-21(23(26)29-4)20(13-16-5-9-18(27-2)10-6-16)22(25)24(15)14-17-7-11-19(28-3)12-8-17/h5-13H,14H2,1-4H3/b20-13-. The first-order valence-electron chi connectivity index (χ1n) is 9.08. The molecule has 6 heteroatoms. The van der Waals surface area contributed by atoms with Gasteiger partial charge in [0.1, 0.15) is 11.5 Å². The Morgan fingerprint density at radius 3 is 2.00 bits per heavy atom. The molecule has 3 rings (SSSR count). The van der Waals surface area contributed by atoms with Crippen LogP contribution in [-0.2, 0) is 20.9 Å². The Morgan fingerprint density at radius 1 is 0.931 bits per heavy atom. The molecular weight excluding hydrogens is 370 g/mol. The molecule has 1 aliphatic rings. The van der Waals surface area contributed by atoms with Crippen LogP contribution in [0.2, 0.25) is 0 Å². The molecule has 0 spiro atoms. The van der Waals surface area contributed by atoms with Gasteiger partial charge >= 0.3 is 5.97 Å². The molecule has 0 saturated carbocycles. The van der Waals surface area contributed by atoms with Crippen LogP contribution in [0.3, 0.4) is 0 Å². The predicted octanol–water partition coefficient (Wildman–Crippen LogP) is 3.58. The van der Waals surface area contributed by atoms with E-state index in [1.54, 1.807) is 44.3 Å². The molecule has 0 atom stereocenters. The number of amides is 1. The summed E-state index contributed by atoms with van der Waals surface area (Å²) in [7, 11) is 4.50. The van der Waals surface area contributed by atoms with E-state index in [1.807, 2.05) is 36.4 Å². The molecule has 1 amide bonds. The lowest BCUT2D eigenvalue weighted by molar-refractivity contribution is -0.136. The van der Waals surface area contributed by atoms with E-state index in [0.29, 0.717) is 23.6 Å².